The minimum absolute atomic E-state index is 0.231. The van der Waals surface area contributed by atoms with E-state index in [1.54, 1.807) is 14.2 Å². The van der Waals surface area contributed by atoms with Gasteiger partial charge in [-0.3, -0.25) is 0 Å². The van der Waals surface area contributed by atoms with Crippen LogP contribution >= 0.6 is 15.9 Å². The first-order valence-electron chi connectivity index (χ1n) is 6.59. The van der Waals surface area contributed by atoms with Crippen LogP contribution in [0.1, 0.15) is 26.3 Å². The van der Waals surface area contributed by atoms with E-state index >= 15 is 0 Å². The number of carbonyl (C=O) groups excluding carboxylic acids is 1. The number of ether oxygens (including phenoxy) is 3. The van der Waals surface area contributed by atoms with Crippen molar-refractivity contribution in [1.82, 2.24) is 5.32 Å². The van der Waals surface area contributed by atoms with Gasteiger partial charge in [-0.15, -0.1) is 0 Å². The van der Waals surface area contributed by atoms with Gasteiger partial charge >= 0.3 is 6.09 Å². The second-order valence-corrected chi connectivity index (χ2v) is 6.61. The van der Waals surface area contributed by atoms with Crippen molar-refractivity contribution < 1.29 is 19.0 Å². The van der Waals surface area contributed by atoms with Crippen LogP contribution in [0.5, 0.6) is 11.5 Å². The van der Waals surface area contributed by atoms with Gasteiger partial charge in [0, 0.05) is 6.42 Å². The van der Waals surface area contributed by atoms with E-state index in [9.17, 15) is 4.79 Å². The molecule has 0 fully saturated rings. The van der Waals surface area contributed by atoms with Crippen molar-refractivity contribution in [1.29, 1.82) is 0 Å². The highest BCUT2D eigenvalue weighted by molar-refractivity contribution is 9.09. The first kappa shape index (κ1) is 17.6. The standard InChI is InChI=1S/C15H22BrNO4/c1-15(2,3)21-14(18)17-13(16)9-10-6-7-11(19-4)12(8-10)20-5/h6-8,13H,9H2,1-5H3,(H,17,18). The lowest BCUT2D eigenvalue weighted by Crippen LogP contribution is -2.37. The average Bonchev–Trinajstić information content (AvgIpc) is 2.35. The maximum Gasteiger partial charge on any atom is 0.408 e. The molecule has 0 aliphatic heterocycles. The topological polar surface area (TPSA) is 56.8 Å². The minimum Gasteiger partial charge on any atom is -0.493 e. The molecule has 6 heteroatoms. The van der Waals surface area contributed by atoms with Crippen LogP contribution in [0.25, 0.3) is 0 Å². The molecule has 21 heavy (non-hydrogen) atoms. The lowest BCUT2D eigenvalue weighted by Gasteiger charge is -2.21. The Bertz CT molecular complexity index is 485. The molecule has 0 heterocycles. The highest BCUT2D eigenvalue weighted by Crippen LogP contribution is 2.28. The van der Waals surface area contributed by atoms with E-state index in [-0.39, 0.29) is 4.95 Å². The number of alkyl halides is 1. The van der Waals surface area contributed by atoms with Crippen molar-refractivity contribution in [3.05, 3.63) is 23.8 Å². The van der Waals surface area contributed by atoms with Crippen LogP contribution in [-0.4, -0.2) is 30.9 Å². The monoisotopic (exact) mass is 359 g/mol. The summed E-state index contributed by atoms with van der Waals surface area (Å²) in [5.74, 6) is 1.33. The van der Waals surface area contributed by atoms with Gasteiger partial charge in [0.05, 0.1) is 19.2 Å². The van der Waals surface area contributed by atoms with Gasteiger partial charge < -0.3 is 19.5 Å². The van der Waals surface area contributed by atoms with E-state index in [0.29, 0.717) is 17.9 Å². The molecule has 0 saturated carbocycles. The molecule has 1 aromatic rings. The van der Waals surface area contributed by atoms with Gasteiger partial charge in [-0.05, 0) is 38.5 Å². The summed E-state index contributed by atoms with van der Waals surface area (Å²) in [5.41, 5.74) is 0.491. The normalized spacial score (nSPS) is 12.5. The molecule has 1 unspecified atom stereocenters. The quantitative estimate of drug-likeness (QED) is 0.645. The molecule has 1 aromatic carbocycles. The van der Waals surface area contributed by atoms with Crippen molar-refractivity contribution >= 4 is 22.0 Å². The Hall–Kier alpha value is -1.43. The number of hydrogen-bond acceptors (Lipinski definition) is 4. The second kappa shape index (κ2) is 7.54. The van der Waals surface area contributed by atoms with E-state index in [2.05, 4.69) is 21.2 Å². The number of benzene rings is 1. The van der Waals surface area contributed by atoms with E-state index < -0.39 is 11.7 Å². The number of hydrogen-bond donors (Lipinski definition) is 1. The Morgan fingerprint density at radius 3 is 2.38 bits per heavy atom. The van der Waals surface area contributed by atoms with Crippen molar-refractivity contribution in [3.63, 3.8) is 0 Å². The van der Waals surface area contributed by atoms with Crippen molar-refractivity contribution in [2.24, 2.45) is 0 Å². The van der Waals surface area contributed by atoms with Gasteiger partial charge in [-0.2, -0.15) is 0 Å². The Morgan fingerprint density at radius 2 is 1.86 bits per heavy atom. The summed E-state index contributed by atoms with van der Waals surface area (Å²) < 4.78 is 15.6. The van der Waals surface area contributed by atoms with Gasteiger partial charge in [0.15, 0.2) is 11.5 Å². The molecule has 118 valence electrons. The van der Waals surface area contributed by atoms with Gasteiger partial charge in [0.2, 0.25) is 0 Å². The van der Waals surface area contributed by atoms with Crippen molar-refractivity contribution in [2.75, 3.05) is 14.2 Å². The molecule has 5 nitrogen and oxygen atoms in total. The number of nitrogens with one attached hydrogen (secondary N) is 1. The third-order valence-corrected chi connectivity index (χ3v) is 3.09. The third-order valence-electron chi connectivity index (χ3n) is 2.54. The van der Waals surface area contributed by atoms with Crippen LogP contribution in [0.15, 0.2) is 18.2 Å². The predicted molar refractivity (Wildman–Crippen MR) is 85.3 cm³/mol. The van der Waals surface area contributed by atoms with Gasteiger partial charge in [-0.25, -0.2) is 4.79 Å². The molecule has 0 aliphatic rings. The Morgan fingerprint density at radius 1 is 1.24 bits per heavy atom. The lowest BCUT2D eigenvalue weighted by atomic mass is 10.1. The van der Waals surface area contributed by atoms with Crippen LogP contribution in [-0.2, 0) is 11.2 Å². The summed E-state index contributed by atoms with van der Waals surface area (Å²) in [5, 5.41) is 2.73. The fourth-order valence-corrected chi connectivity index (χ4v) is 2.26. The molecule has 0 spiro atoms. The number of rotatable bonds is 5. The summed E-state index contributed by atoms with van der Waals surface area (Å²) in [6.07, 6.45) is 0.143. The summed E-state index contributed by atoms with van der Waals surface area (Å²) in [4.78, 5) is 11.4. The summed E-state index contributed by atoms with van der Waals surface area (Å²) >= 11 is 3.42. The summed E-state index contributed by atoms with van der Waals surface area (Å²) in [6, 6.07) is 5.64. The molecule has 0 aliphatic carbocycles. The van der Waals surface area contributed by atoms with E-state index in [1.165, 1.54) is 0 Å². The Kier molecular flexibility index (Phi) is 6.33. The molecule has 1 atom stereocenters. The van der Waals surface area contributed by atoms with Gasteiger partial charge in [0.1, 0.15) is 5.60 Å². The largest absolute Gasteiger partial charge is 0.493 e. The highest BCUT2D eigenvalue weighted by Gasteiger charge is 2.18. The third kappa shape index (κ3) is 6.25. The number of alkyl carbamates (subject to hydrolysis) is 1. The molecule has 0 radical (unpaired) electrons. The zero-order chi connectivity index (χ0) is 16.0. The Labute approximate surface area is 134 Å². The number of halogens is 1. The fraction of sp³-hybridized carbons (Fsp3) is 0.533. The maximum atomic E-state index is 11.7. The highest BCUT2D eigenvalue weighted by atomic mass is 79.9. The van der Waals surface area contributed by atoms with Crippen LogP contribution in [0.3, 0.4) is 0 Å². The first-order valence-corrected chi connectivity index (χ1v) is 7.51. The molecular formula is C15H22BrNO4. The zero-order valence-electron chi connectivity index (χ0n) is 13.0. The lowest BCUT2D eigenvalue weighted by molar-refractivity contribution is 0.0523. The van der Waals surface area contributed by atoms with Crippen LogP contribution < -0.4 is 14.8 Å². The molecule has 0 bridgehead atoms. The molecular weight excluding hydrogens is 338 g/mol. The van der Waals surface area contributed by atoms with Crippen LogP contribution in [0.4, 0.5) is 4.79 Å². The van der Waals surface area contributed by atoms with E-state index in [0.717, 1.165) is 5.56 Å². The Balaban J connectivity index is 2.62. The number of methoxy groups -OCH3 is 2. The van der Waals surface area contributed by atoms with E-state index in [4.69, 9.17) is 14.2 Å². The van der Waals surface area contributed by atoms with Crippen molar-refractivity contribution in [3.8, 4) is 11.5 Å². The maximum absolute atomic E-state index is 11.7. The van der Waals surface area contributed by atoms with Crippen LogP contribution in [0, 0.1) is 0 Å². The van der Waals surface area contributed by atoms with E-state index in [1.807, 2.05) is 39.0 Å². The van der Waals surface area contributed by atoms with Gasteiger partial charge in [0.25, 0.3) is 0 Å². The van der Waals surface area contributed by atoms with Crippen LogP contribution in [0.2, 0.25) is 0 Å². The smallest absolute Gasteiger partial charge is 0.408 e. The van der Waals surface area contributed by atoms with Crippen molar-refractivity contribution in [2.45, 2.75) is 37.7 Å². The summed E-state index contributed by atoms with van der Waals surface area (Å²) in [6.45, 7) is 5.47. The van der Waals surface area contributed by atoms with Gasteiger partial charge in [-0.1, -0.05) is 22.0 Å². The fourth-order valence-electron chi connectivity index (χ4n) is 1.70. The predicted octanol–water partition coefficient (Wildman–Crippen LogP) is 3.49. The summed E-state index contributed by atoms with van der Waals surface area (Å²) in [7, 11) is 3.18. The zero-order valence-corrected chi connectivity index (χ0v) is 14.6. The average molecular weight is 360 g/mol. The minimum atomic E-state index is -0.514. The number of amides is 1. The molecule has 1 rings (SSSR count). The number of carbonyl (C=O) groups is 1. The molecule has 1 N–H and O–H groups in total. The molecule has 0 saturated heterocycles. The first-order chi connectivity index (χ1) is 9.75. The molecule has 0 aromatic heterocycles. The molecule has 1 amide bonds. The SMILES string of the molecule is COc1ccc(CC(Br)NC(=O)OC(C)(C)C)cc1OC. The second-order valence-electron chi connectivity index (χ2n) is 5.51.